The zero-order valence-corrected chi connectivity index (χ0v) is 9.26. The number of fused-ring (bicyclic) bond motifs is 1. The fourth-order valence-electron chi connectivity index (χ4n) is 2.72. The molecule has 86 valence electrons. The predicted molar refractivity (Wildman–Crippen MR) is 60.2 cm³/mol. The molecular weight excluding hydrogens is 205 g/mol. The van der Waals surface area contributed by atoms with Gasteiger partial charge in [0.15, 0.2) is 0 Å². The molecule has 0 spiro atoms. The number of hydrogen-bond donors (Lipinski definition) is 1. The maximum atomic E-state index is 13.5. The SMILES string of the molecule is Fc1cc2c(c([C@@H]3CCCN3)c1)CCCO2. The molecule has 1 aromatic carbocycles. The van der Waals surface area contributed by atoms with E-state index in [4.69, 9.17) is 4.74 Å². The molecule has 0 saturated carbocycles. The van der Waals surface area contributed by atoms with E-state index in [1.54, 1.807) is 6.07 Å². The lowest BCUT2D eigenvalue weighted by atomic mass is 9.94. The van der Waals surface area contributed by atoms with Crippen molar-refractivity contribution in [3.63, 3.8) is 0 Å². The van der Waals surface area contributed by atoms with Gasteiger partial charge in [-0.05, 0) is 49.4 Å². The van der Waals surface area contributed by atoms with Crippen molar-refractivity contribution in [2.45, 2.75) is 31.7 Å². The predicted octanol–water partition coefficient (Wildman–Crippen LogP) is 2.58. The smallest absolute Gasteiger partial charge is 0.127 e. The lowest BCUT2D eigenvalue weighted by Crippen LogP contribution is -2.18. The standard InChI is InChI=1S/C13H16FNO/c14-9-7-11(12-4-1-5-15-12)10-3-2-6-16-13(10)8-9/h7-8,12,15H,1-6H2/t12-/m0/s1. The Kier molecular flexibility index (Phi) is 2.56. The van der Waals surface area contributed by atoms with Crippen LogP contribution in [-0.4, -0.2) is 13.2 Å². The second-order valence-corrected chi connectivity index (χ2v) is 4.57. The Hall–Kier alpha value is -1.09. The van der Waals surface area contributed by atoms with E-state index in [2.05, 4.69) is 5.32 Å². The second kappa shape index (κ2) is 4.06. The summed E-state index contributed by atoms with van der Waals surface area (Å²) in [4.78, 5) is 0. The maximum absolute atomic E-state index is 13.5. The van der Waals surface area contributed by atoms with Crippen LogP contribution in [-0.2, 0) is 6.42 Å². The summed E-state index contributed by atoms with van der Waals surface area (Å²) < 4.78 is 19.0. The first-order valence-electron chi connectivity index (χ1n) is 6.03. The molecule has 1 N–H and O–H groups in total. The highest BCUT2D eigenvalue weighted by atomic mass is 19.1. The van der Waals surface area contributed by atoms with Crippen LogP contribution < -0.4 is 10.1 Å². The van der Waals surface area contributed by atoms with Gasteiger partial charge >= 0.3 is 0 Å². The number of halogens is 1. The lowest BCUT2D eigenvalue weighted by Gasteiger charge is -2.23. The summed E-state index contributed by atoms with van der Waals surface area (Å²) in [5.41, 5.74) is 2.33. The van der Waals surface area contributed by atoms with Crippen LogP contribution in [0.15, 0.2) is 12.1 Å². The second-order valence-electron chi connectivity index (χ2n) is 4.57. The first-order chi connectivity index (χ1) is 7.84. The van der Waals surface area contributed by atoms with E-state index in [-0.39, 0.29) is 5.82 Å². The number of nitrogens with one attached hydrogen (secondary N) is 1. The Morgan fingerprint density at radius 2 is 2.25 bits per heavy atom. The van der Waals surface area contributed by atoms with Gasteiger partial charge in [0.1, 0.15) is 11.6 Å². The Bertz CT molecular complexity index is 399. The number of benzene rings is 1. The van der Waals surface area contributed by atoms with Gasteiger partial charge in [-0.1, -0.05) is 0 Å². The Labute approximate surface area is 94.8 Å². The van der Waals surface area contributed by atoms with Crippen molar-refractivity contribution in [2.75, 3.05) is 13.2 Å². The zero-order valence-electron chi connectivity index (χ0n) is 9.26. The summed E-state index contributed by atoms with van der Waals surface area (Å²) >= 11 is 0. The largest absolute Gasteiger partial charge is 0.493 e. The third-order valence-electron chi connectivity index (χ3n) is 3.47. The molecule has 2 nitrogen and oxygen atoms in total. The summed E-state index contributed by atoms with van der Waals surface area (Å²) in [5, 5.41) is 3.43. The molecule has 3 rings (SSSR count). The summed E-state index contributed by atoms with van der Waals surface area (Å²) in [6.07, 6.45) is 4.34. The molecule has 0 radical (unpaired) electrons. The lowest BCUT2D eigenvalue weighted by molar-refractivity contribution is 0.285. The van der Waals surface area contributed by atoms with Crippen molar-refractivity contribution in [3.8, 4) is 5.75 Å². The van der Waals surface area contributed by atoms with Crippen LogP contribution >= 0.6 is 0 Å². The van der Waals surface area contributed by atoms with E-state index in [1.807, 2.05) is 0 Å². The van der Waals surface area contributed by atoms with E-state index in [1.165, 1.54) is 18.1 Å². The van der Waals surface area contributed by atoms with Gasteiger partial charge in [-0.3, -0.25) is 0 Å². The molecule has 0 unspecified atom stereocenters. The highest BCUT2D eigenvalue weighted by molar-refractivity contribution is 5.44. The van der Waals surface area contributed by atoms with Gasteiger partial charge in [0.25, 0.3) is 0 Å². The minimum Gasteiger partial charge on any atom is -0.493 e. The number of hydrogen-bond acceptors (Lipinski definition) is 2. The Morgan fingerprint density at radius 3 is 3.06 bits per heavy atom. The third-order valence-corrected chi connectivity index (χ3v) is 3.47. The van der Waals surface area contributed by atoms with Crippen LogP contribution in [0.1, 0.15) is 36.4 Å². The molecule has 0 aromatic heterocycles. The molecule has 2 heterocycles. The molecule has 2 aliphatic rings. The van der Waals surface area contributed by atoms with Gasteiger partial charge in [-0.25, -0.2) is 4.39 Å². The van der Waals surface area contributed by atoms with Gasteiger partial charge in [0.2, 0.25) is 0 Å². The van der Waals surface area contributed by atoms with E-state index < -0.39 is 0 Å². The normalized spacial score (nSPS) is 23.9. The molecule has 0 amide bonds. The molecule has 3 heteroatoms. The molecular formula is C13H16FNO. The van der Waals surface area contributed by atoms with Gasteiger partial charge in [-0.15, -0.1) is 0 Å². The summed E-state index contributed by atoms with van der Waals surface area (Å²) in [6.45, 7) is 1.75. The van der Waals surface area contributed by atoms with Gasteiger partial charge in [0.05, 0.1) is 6.61 Å². The molecule has 1 atom stereocenters. The molecule has 16 heavy (non-hydrogen) atoms. The average molecular weight is 221 g/mol. The van der Waals surface area contributed by atoms with Crippen molar-refractivity contribution in [1.29, 1.82) is 0 Å². The van der Waals surface area contributed by atoms with E-state index in [9.17, 15) is 4.39 Å². The van der Waals surface area contributed by atoms with Gasteiger partial charge in [0, 0.05) is 12.1 Å². The van der Waals surface area contributed by atoms with Crippen LogP contribution in [0.2, 0.25) is 0 Å². The molecule has 0 aliphatic carbocycles. The van der Waals surface area contributed by atoms with Crippen molar-refractivity contribution < 1.29 is 9.13 Å². The fraction of sp³-hybridized carbons (Fsp3) is 0.538. The van der Waals surface area contributed by atoms with E-state index >= 15 is 0 Å². The molecule has 0 bridgehead atoms. The number of ether oxygens (including phenoxy) is 1. The topological polar surface area (TPSA) is 21.3 Å². The Morgan fingerprint density at radius 1 is 1.31 bits per heavy atom. The minimum absolute atomic E-state index is 0.177. The highest BCUT2D eigenvalue weighted by Crippen LogP contribution is 2.35. The van der Waals surface area contributed by atoms with Crippen LogP contribution in [0.25, 0.3) is 0 Å². The zero-order chi connectivity index (χ0) is 11.0. The van der Waals surface area contributed by atoms with Crippen LogP contribution in [0, 0.1) is 5.82 Å². The highest BCUT2D eigenvalue weighted by Gasteiger charge is 2.24. The maximum Gasteiger partial charge on any atom is 0.127 e. The Balaban J connectivity index is 2.04. The minimum atomic E-state index is -0.177. The first kappa shape index (κ1) is 10.1. The molecule has 1 fully saturated rings. The van der Waals surface area contributed by atoms with Crippen LogP contribution in [0.4, 0.5) is 4.39 Å². The van der Waals surface area contributed by atoms with Crippen LogP contribution in [0.3, 0.4) is 0 Å². The quantitative estimate of drug-likeness (QED) is 0.787. The molecule has 1 aromatic rings. The average Bonchev–Trinajstić information content (AvgIpc) is 2.81. The summed E-state index contributed by atoms with van der Waals surface area (Å²) in [5.74, 6) is 0.583. The van der Waals surface area contributed by atoms with Crippen molar-refractivity contribution in [1.82, 2.24) is 5.32 Å². The summed E-state index contributed by atoms with van der Waals surface area (Å²) in [7, 11) is 0. The third kappa shape index (κ3) is 1.69. The molecule has 1 saturated heterocycles. The van der Waals surface area contributed by atoms with Crippen molar-refractivity contribution >= 4 is 0 Å². The van der Waals surface area contributed by atoms with Crippen molar-refractivity contribution in [3.05, 3.63) is 29.1 Å². The monoisotopic (exact) mass is 221 g/mol. The summed E-state index contributed by atoms with van der Waals surface area (Å²) in [6, 6.07) is 3.52. The first-order valence-corrected chi connectivity index (χ1v) is 6.03. The van der Waals surface area contributed by atoms with Crippen molar-refractivity contribution in [2.24, 2.45) is 0 Å². The number of rotatable bonds is 1. The van der Waals surface area contributed by atoms with Gasteiger partial charge < -0.3 is 10.1 Å². The van der Waals surface area contributed by atoms with Gasteiger partial charge in [-0.2, -0.15) is 0 Å². The molecule has 2 aliphatic heterocycles. The van der Waals surface area contributed by atoms with E-state index in [0.717, 1.165) is 37.1 Å². The van der Waals surface area contributed by atoms with Crippen LogP contribution in [0.5, 0.6) is 5.75 Å². The fourth-order valence-corrected chi connectivity index (χ4v) is 2.72. The van der Waals surface area contributed by atoms with E-state index in [0.29, 0.717) is 12.6 Å².